The maximum Gasteiger partial charge on any atom is 0.191 e. The van der Waals surface area contributed by atoms with Crippen LogP contribution in [-0.2, 0) is 0 Å². The van der Waals surface area contributed by atoms with Gasteiger partial charge < -0.3 is 15.7 Å². The zero-order valence-electron chi connectivity index (χ0n) is 16.2. The predicted molar refractivity (Wildman–Crippen MR) is 101 cm³/mol. The minimum Gasteiger partial charge on any atom is -0.399 e. The monoisotopic (exact) mass is 397 g/mol. The summed E-state index contributed by atoms with van der Waals surface area (Å²) in [5.74, 6) is -3.04. The number of halogens is 2. The number of nitriles is 3. The Balaban J connectivity index is 0.000000941. The smallest absolute Gasteiger partial charge is 0.191 e. The molecule has 1 heterocycles. The van der Waals surface area contributed by atoms with E-state index in [2.05, 4.69) is 0 Å². The van der Waals surface area contributed by atoms with Crippen LogP contribution in [0.25, 0.3) is 0 Å². The highest BCUT2D eigenvalue weighted by Gasteiger charge is 2.54. The molecule has 0 aromatic heterocycles. The van der Waals surface area contributed by atoms with E-state index < -0.39 is 28.9 Å². The van der Waals surface area contributed by atoms with Crippen molar-refractivity contribution in [2.45, 2.75) is 12.8 Å². The van der Waals surface area contributed by atoms with Gasteiger partial charge in [0, 0.05) is 37.6 Å². The Morgan fingerprint density at radius 3 is 2.41 bits per heavy atom. The first-order valence-electron chi connectivity index (χ1n) is 8.98. The van der Waals surface area contributed by atoms with Crippen molar-refractivity contribution in [3.63, 3.8) is 0 Å². The number of rotatable bonds is 1. The second-order valence-corrected chi connectivity index (χ2v) is 6.88. The van der Waals surface area contributed by atoms with Crippen LogP contribution in [0.15, 0.2) is 41.1 Å². The van der Waals surface area contributed by atoms with E-state index >= 15 is 0 Å². The molecule has 29 heavy (non-hydrogen) atoms. The molecule has 3 rings (SSSR count). The molecule has 0 bridgehead atoms. The first-order valence-corrected chi connectivity index (χ1v) is 8.98. The summed E-state index contributed by atoms with van der Waals surface area (Å²) in [6.07, 6.45) is 1.81. The van der Waals surface area contributed by atoms with Crippen LogP contribution in [0.1, 0.15) is 18.4 Å². The Morgan fingerprint density at radius 1 is 1.28 bits per heavy atom. The quantitative estimate of drug-likeness (QED) is 0.750. The minimum atomic E-state index is -1.91. The fourth-order valence-corrected chi connectivity index (χ4v) is 3.92. The number of nitrogens with zero attached hydrogens (tertiary/aromatic N) is 4. The lowest BCUT2D eigenvalue weighted by molar-refractivity contribution is 0.234. The van der Waals surface area contributed by atoms with Crippen LogP contribution in [0, 0.1) is 57.0 Å². The van der Waals surface area contributed by atoms with E-state index in [1.165, 1.54) is 6.07 Å². The van der Waals surface area contributed by atoms with E-state index in [1.807, 2.05) is 36.2 Å². The normalized spacial score (nSPS) is 22.8. The van der Waals surface area contributed by atoms with E-state index in [0.29, 0.717) is 18.7 Å². The second kappa shape index (κ2) is 8.84. The molecule has 2 unspecified atom stereocenters. The standard InChI is InChI=1S/C19H15F2N5.C2H6O/c1-26-5-4-12-14(7-22)18(25)19(9-23,10-24)17(15(12)8-26)13-3-2-11(20)6-16(13)21;1-2-3/h2-4,6,15,17H,5,8,25H2,1H3;3H,2H2,1H3. The van der Waals surface area contributed by atoms with Gasteiger partial charge in [0.25, 0.3) is 0 Å². The van der Waals surface area contributed by atoms with Crippen molar-refractivity contribution in [3.8, 4) is 18.2 Å². The minimum absolute atomic E-state index is 0.0423. The van der Waals surface area contributed by atoms with Gasteiger partial charge in [-0.25, -0.2) is 8.78 Å². The summed E-state index contributed by atoms with van der Waals surface area (Å²) in [6.45, 7) is 2.91. The summed E-state index contributed by atoms with van der Waals surface area (Å²) < 4.78 is 28.0. The van der Waals surface area contributed by atoms with E-state index in [1.54, 1.807) is 6.92 Å². The van der Waals surface area contributed by atoms with Crippen molar-refractivity contribution >= 4 is 0 Å². The molecule has 0 saturated heterocycles. The van der Waals surface area contributed by atoms with Crippen LogP contribution < -0.4 is 5.73 Å². The average molecular weight is 397 g/mol. The molecular weight excluding hydrogens is 376 g/mol. The average Bonchev–Trinajstić information content (AvgIpc) is 2.69. The van der Waals surface area contributed by atoms with Crippen LogP contribution in [0.3, 0.4) is 0 Å². The Labute approximate surface area is 168 Å². The molecule has 6 nitrogen and oxygen atoms in total. The van der Waals surface area contributed by atoms with Crippen LogP contribution in [0.5, 0.6) is 0 Å². The Hall–Kier alpha value is -3.25. The Morgan fingerprint density at radius 2 is 1.90 bits per heavy atom. The molecule has 2 aliphatic rings. The number of aliphatic hydroxyl groups excluding tert-OH is 1. The van der Waals surface area contributed by atoms with Crippen LogP contribution in [0.2, 0.25) is 0 Å². The maximum absolute atomic E-state index is 14.6. The zero-order chi connectivity index (χ0) is 21.8. The van der Waals surface area contributed by atoms with Crippen molar-refractivity contribution in [2.75, 3.05) is 26.7 Å². The van der Waals surface area contributed by atoms with Gasteiger partial charge in [-0.05, 0) is 31.2 Å². The number of likely N-dealkylation sites (N-methyl/N-ethyl adjacent to an activating group) is 1. The number of benzene rings is 1. The van der Waals surface area contributed by atoms with Gasteiger partial charge >= 0.3 is 0 Å². The second-order valence-electron chi connectivity index (χ2n) is 6.88. The molecule has 0 amide bonds. The van der Waals surface area contributed by atoms with Crippen LogP contribution >= 0.6 is 0 Å². The molecule has 1 aromatic rings. The van der Waals surface area contributed by atoms with E-state index in [9.17, 15) is 24.6 Å². The molecule has 1 aliphatic heterocycles. The highest BCUT2D eigenvalue weighted by atomic mass is 19.1. The number of allylic oxidation sites excluding steroid dienone is 2. The maximum atomic E-state index is 14.6. The fraction of sp³-hybridized carbons (Fsp3) is 0.381. The first-order chi connectivity index (χ1) is 13.8. The third-order valence-corrected chi connectivity index (χ3v) is 5.14. The molecule has 1 aromatic carbocycles. The van der Waals surface area contributed by atoms with E-state index in [-0.39, 0.29) is 23.4 Å². The highest BCUT2D eigenvalue weighted by Crippen LogP contribution is 2.54. The molecule has 150 valence electrons. The summed E-state index contributed by atoms with van der Waals surface area (Å²) in [7, 11) is 1.85. The summed E-state index contributed by atoms with van der Waals surface area (Å²) in [5, 5.41) is 36.8. The van der Waals surface area contributed by atoms with Crippen LogP contribution in [-0.4, -0.2) is 36.8 Å². The molecular formula is C21H21F2N5O. The lowest BCUT2D eigenvalue weighted by Gasteiger charge is -2.45. The van der Waals surface area contributed by atoms with Gasteiger partial charge in [-0.2, -0.15) is 15.8 Å². The van der Waals surface area contributed by atoms with Gasteiger partial charge in [0.2, 0.25) is 0 Å². The first kappa shape index (κ1) is 22.0. The summed E-state index contributed by atoms with van der Waals surface area (Å²) in [6, 6.07) is 8.90. The molecule has 0 fully saturated rings. The van der Waals surface area contributed by atoms with Gasteiger partial charge in [-0.1, -0.05) is 12.1 Å². The lowest BCUT2D eigenvalue weighted by atomic mass is 9.58. The molecule has 8 heteroatoms. The Kier molecular flexibility index (Phi) is 6.72. The molecule has 2 atom stereocenters. The number of hydrogen-bond acceptors (Lipinski definition) is 6. The molecule has 0 spiro atoms. The topological polar surface area (TPSA) is 121 Å². The fourth-order valence-electron chi connectivity index (χ4n) is 3.92. The van der Waals surface area contributed by atoms with Gasteiger partial charge in [0.1, 0.15) is 17.7 Å². The third kappa shape index (κ3) is 3.71. The number of hydrogen-bond donors (Lipinski definition) is 2. The summed E-state index contributed by atoms with van der Waals surface area (Å²) >= 11 is 0. The van der Waals surface area contributed by atoms with Crippen molar-refractivity contribution in [3.05, 3.63) is 58.3 Å². The van der Waals surface area contributed by atoms with Crippen molar-refractivity contribution in [2.24, 2.45) is 17.1 Å². The van der Waals surface area contributed by atoms with Gasteiger partial charge in [0.05, 0.1) is 23.4 Å². The Bertz CT molecular complexity index is 966. The lowest BCUT2D eigenvalue weighted by Crippen LogP contribution is -2.47. The van der Waals surface area contributed by atoms with Gasteiger partial charge in [-0.3, -0.25) is 0 Å². The molecule has 3 N–H and O–H groups in total. The van der Waals surface area contributed by atoms with Crippen LogP contribution in [0.4, 0.5) is 8.78 Å². The molecule has 0 radical (unpaired) electrons. The SMILES string of the molecule is CCO.CN1CC=C2C(C#N)=C(N)C(C#N)(C#N)C(c3ccc(F)cc3F)C2C1. The van der Waals surface area contributed by atoms with Crippen molar-refractivity contribution in [1.29, 1.82) is 15.8 Å². The van der Waals surface area contributed by atoms with Gasteiger partial charge in [-0.15, -0.1) is 0 Å². The number of nitrogens with two attached hydrogens (primary N) is 1. The zero-order valence-corrected chi connectivity index (χ0v) is 16.2. The van der Waals surface area contributed by atoms with E-state index in [0.717, 1.165) is 12.1 Å². The summed E-state index contributed by atoms with van der Waals surface area (Å²) in [5.41, 5.74) is 4.77. The predicted octanol–water partition coefficient (Wildman–Crippen LogP) is 2.32. The number of aliphatic hydroxyl groups is 1. The van der Waals surface area contributed by atoms with Gasteiger partial charge in [0.15, 0.2) is 5.41 Å². The summed E-state index contributed by atoms with van der Waals surface area (Å²) in [4.78, 5) is 1.94. The molecule has 0 saturated carbocycles. The van der Waals surface area contributed by atoms with Crippen molar-refractivity contribution in [1.82, 2.24) is 4.90 Å². The highest BCUT2D eigenvalue weighted by molar-refractivity contribution is 5.59. The van der Waals surface area contributed by atoms with E-state index in [4.69, 9.17) is 10.8 Å². The largest absolute Gasteiger partial charge is 0.399 e. The van der Waals surface area contributed by atoms with Crippen molar-refractivity contribution < 1.29 is 13.9 Å². The third-order valence-electron chi connectivity index (χ3n) is 5.14. The number of fused-ring (bicyclic) bond motifs is 1. The molecule has 1 aliphatic carbocycles.